The van der Waals surface area contributed by atoms with E-state index >= 15 is 0 Å². The van der Waals surface area contributed by atoms with Gasteiger partial charge in [-0.2, -0.15) is 0 Å². The summed E-state index contributed by atoms with van der Waals surface area (Å²) in [6, 6.07) is 16.5. The molecule has 0 spiro atoms. The number of hydrogen-bond donors (Lipinski definition) is 2. The van der Waals surface area contributed by atoms with Gasteiger partial charge in [0.2, 0.25) is 5.91 Å². The van der Waals surface area contributed by atoms with Crippen LogP contribution in [0, 0.1) is 19.8 Å². The highest BCUT2D eigenvalue weighted by molar-refractivity contribution is 5.79. The van der Waals surface area contributed by atoms with E-state index in [9.17, 15) is 9.59 Å². The van der Waals surface area contributed by atoms with Crippen molar-refractivity contribution in [2.75, 3.05) is 26.2 Å². The highest BCUT2D eigenvalue weighted by Gasteiger charge is 2.27. The number of carboxylic acid groups (broad SMARTS) is 1. The van der Waals surface area contributed by atoms with Crippen molar-refractivity contribution in [2.45, 2.75) is 39.2 Å². The second kappa shape index (κ2) is 11.0. The maximum absolute atomic E-state index is 12.7. The van der Waals surface area contributed by atoms with E-state index in [0.29, 0.717) is 45.7 Å². The lowest BCUT2D eigenvalue weighted by atomic mass is 9.95. The summed E-state index contributed by atoms with van der Waals surface area (Å²) < 4.78 is 6.04. The number of rotatable bonds is 8. The Morgan fingerprint density at radius 1 is 1.10 bits per heavy atom. The largest absolute Gasteiger partial charge is 0.465 e. The van der Waals surface area contributed by atoms with Gasteiger partial charge in [0, 0.05) is 31.5 Å². The summed E-state index contributed by atoms with van der Waals surface area (Å²) in [6.45, 7) is 6.53. The van der Waals surface area contributed by atoms with Gasteiger partial charge in [0.1, 0.15) is 0 Å². The lowest BCUT2D eigenvalue weighted by Gasteiger charge is -2.29. The molecule has 1 unspecified atom stereocenters. The van der Waals surface area contributed by atoms with E-state index in [2.05, 4.69) is 49.5 Å². The Bertz CT molecular complexity index is 856. The zero-order valence-electron chi connectivity index (χ0n) is 18.3. The fourth-order valence-corrected chi connectivity index (χ4v) is 4.17. The summed E-state index contributed by atoms with van der Waals surface area (Å²) in [6.07, 6.45) is 0.221. The molecule has 1 heterocycles. The highest BCUT2D eigenvalue weighted by Crippen LogP contribution is 2.20. The minimum absolute atomic E-state index is 0.000258. The van der Waals surface area contributed by atoms with Gasteiger partial charge in [-0.15, -0.1) is 0 Å². The Hall–Kier alpha value is -2.86. The zero-order chi connectivity index (χ0) is 22.2. The summed E-state index contributed by atoms with van der Waals surface area (Å²) in [4.78, 5) is 25.1. The van der Waals surface area contributed by atoms with Crippen LogP contribution in [0.25, 0.3) is 0 Å². The number of carbonyl (C=O) groups is 2. The van der Waals surface area contributed by atoms with E-state index in [1.54, 1.807) is 0 Å². The molecule has 6 heteroatoms. The third kappa shape index (κ3) is 6.82. The molecule has 31 heavy (non-hydrogen) atoms. The van der Waals surface area contributed by atoms with E-state index < -0.39 is 6.09 Å². The Labute approximate surface area is 184 Å². The topological polar surface area (TPSA) is 78.9 Å². The Morgan fingerprint density at radius 3 is 2.35 bits per heavy atom. The second-order valence-electron chi connectivity index (χ2n) is 8.41. The summed E-state index contributed by atoms with van der Waals surface area (Å²) >= 11 is 0. The molecule has 1 fully saturated rings. The molecule has 0 bridgehead atoms. The lowest BCUT2D eigenvalue weighted by molar-refractivity contribution is -0.126. The van der Waals surface area contributed by atoms with Crippen molar-refractivity contribution in [3.63, 3.8) is 0 Å². The van der Waals surface area contributed by atoms with Crippen molar-refractivity contribution < 1.29 is 19.4 Å². The van der Waals surface area contributed by atoms with E-state index in [1.807, 2.05) is 18.2 Å². The van der Waals surface area contributed by atoms with Crippen LogP contribution in [-0.4, -0.2) is 48.2 Å². The maximum Gasteiger partial charge on any atom is 0.407 e. The van der Waals surface area contributed by atoms with Gasteiger partial charge in [0.15, 0.2) is 0 Å². The number of aryl methyl sites for hydroxylation is 2. The van der Waals surface area contributed by atoms with Crippen LogP contribution in [0.4, 0.5) is 4.79 Å². The number of nitrogens with one attached hydrogen (secondary N) is 1. The maximum atomic E-state index is 12.7. The van der Waals surface area contributed by atoms with Crippen LogP contribution in [0.1, 0.15) is 41.0 Å². The van der Waals surface area contributed by atoms with Crippen molar-refractivity contribution in [1.82, 2.24) is 10.2 Å². The van der Waals surface area contributed by atoms with E-state index in [-0.39, 0.29) is 17.7 Å². The SMILES string of the molecule is Cc1cc(C)cc(COCC(CNC(=O)C2CCN(C(=O)O)CC2)c2ccccc2)c1. The quantitative estimate of drug-likeness (QED) is 0.668. The van der Waals surface area contributed by atoms with Crippen LogP contribution in [-0.2, 0) is 16.1 Å². The van der Waals surface area contributed by atoms with Gasteiger partial charge in [-0.3, -0.25) is 4.79 Å². The molecular formula is C25H32N2O4. The number of nitrogens with zero attached hydrogens (tertiary/aromatic N) is 1. The van der Waals surface area contributed by atoms with E-state index in [4.69, 9.17) is 9.84 Å². The average molecular weight is 425 g/mol. The van der Waals surface area contributed by atoms with Crippen molar-refractivity contribution in [1.29, 1.82) is 0 Å². The van der Waals surface area contributed by atoms with Gasteiger partial charge in [0.25, 0.3) is 0 Å². The average Bonchev–Trinajstić information content (AvgIpc) is 2.76. The molecule has 1 aliphatic heterocycles. The Balaban J connectivity index is 1.54. The van der Waals surface area contributed by atoms with Crippen LogP contribution in [0.2, 0.25) is 0 Å². The molecule has 0 radical (unpaired) electrons. The monoisotopic (exact) mass is 424 g/mol. The first-order valence-corrected chi connectivity index (χ1v) is 10.9. The molecule has 3 rings (SSSR count). The summed E-state index contributed by atoms with van der Waals surface area (Å²) in [5.41, 5.74) is 4.72. The number of likely N-dealkylation sites (tertiary alicyclic amines) is 1. The Morgan fingerprint density at radius 2 is 1.74 bits per heavy atom. The van der Waals surface area contributed by atoms with Crippen LogP contribution in [0.15, 0.2) is 48.5 Å². The number of ether oxygens (including phenoxy) is 1. The minimum Gasteiger partial charge on any atom is -0.465 e. The van der Waals surface area contributed by atoms with Crippen LogP contribution >= 0.6 is 0 Å². The molecule has 0 aromatic heterocycles. The molecule has 166 valence electrons. The summed E-state index contributed by atoms with van der Waals surface area (Å²) in [5.74, 6) is -0.0846. The molecule has 0 aliphatic carbocycles. The number of carbonyl (C=O) groups excluding carboxylic acids is 1. The molecule has 1 saturated heterocycles. The van der Waals surface area contributed by atoms with Crippen molar-refractivity contribution in [2.24, 2.45) is 5.92 Å². The molecule has 2 aromatic carbocycles. The predicted molar refractivity (Wildman–Crippen MR) is 120 cm³/mol. The lowest BCUT2D eigenvalue weighted by Crippen LogP contribution is -2.43. The van der Waals surface area contributed by atoms with Crippen molar-refractivity contribution in [3.8, 4) is 0 Å². The van der Waals surface area contributed by atoms with Crippen molar-refractivity contribution in [3.05, 3.63) is 70.8 Å². The third-order valence-corrected chi connectivity index (χ3v) is 5.80. The smallest absolute Gasteiger partial charge is 0.407 e. The molecule has 1 atom stereocenters. The van der Waals surface area contributed by atoms with Crippen molar-refractivity contribution >= 4 is 12.0 Å². The number of hydrogen-bond acceptors (Lipinski definition) is 3. The molecule has 1 aliphatic rings. The van der Waals surface area contributed by atoms with Crippen LogP contribution < -0.4 is 5.32 Å². The number of amides is 2. The second-order valence-corrected chi connectivity index (χ2v) is 8.41. The highest BCUT2D eigenvalue weighted by atomic mass is 16.5. The van der Waals surface area contributed by atoms with E-state index in [1.165, 1.54) is 16.0 Å². The predicted octanol–water partition coefficient (Wildman–Crippen LogP) is 4.11. The summed E-state index contributed by atoms with van der Waals surface area (Å²) in [7, 11) is 0. The minimum atomic E-state index is -0.913. The van der Waals surface area contributed by atoms with Gasteiger partial charge in [-0.25, -0.2) is 4.79 Å². The molecular weight excluding hydrogens is 392 g/mol. The normalized spacial score (nSPS) is 15.5. The number of benzene rings is 2. The summed E-state index contributed by atoms with van der Waals surface area (Å²) in [5, 5.41) is 12.1. The first kappa shape index (κ1) is 22.8. The Kier molecular flexibility index (Phi) is 8.06. The van der Waals surface area contributed by atoms with Gasteiger partial charge < -0.3 is 20.1 Å². The standard InChI is InChI=1S/C25H32N2O4/c1-18-12-19(2)14-20(13-18)16-31-17-23(21-6-4-3-5-7-21)15-26-24(28)22-8-10-27(11-9-22)25(29)30/h3-7,12-14,22-23H,8-11,15-17H2,1-2H3,(H,26,28)(H,29,30). The fraction of sp³-hybridized carbons (Fsp3) is 0.440. The first-order chi connectivity index (χ1) is 14.9. The van der Waals surface area contributed by atoms with E-state index in [0.717, 1.165) is 11.1 Å². The molecule has 2 aromatic rings. The first-order valence-electron chi connectivity index (χ1n) is 10.9. The van der Waals surface area contributed by atoms with Gasteiger partial charge in [0.05, 0.1) is 13.2 Å². The fourth-order valence-electron chi connectivity index (χ4n) is 4.17. The van der Waals surface area contributed by atoms with Gasteiger partial charge in [-0.05, 0) is 37.8 Å². The molecule has 2 amide bonds. The molecule has 6 nitrogen and oxygen atoms in total. The van der Waals surface area contributed by atoms with Crippen LogP contribution in [0.3, 0.4) is 0 Å². The molecule has 0 saturated carbocycles. The van der Waals surface area contributed by atoms with Crippen LogP contribution in [0.5, 0.6) is 0 Å². The zero-order valence-corrected chi connectivity index (χ0v) is 18.3. The molecule has 2 N–H and O–H groups in total. The van der Waals surface area contributed by atoms with Gasteiger partial charge in [-0.1, -0.05) is 59.7 Å². The number of piperidine rings is 1. The van der Waals surface area contributed by atoms with Gasteiger partial charge >= 0.3 is 6.09 Å². The third-order valence-electron chi connectivity index (χ3n) is 5.80.